The number of primary amides is 1. The number of carbonyl (C=O) groups is 1. The molecule has 2 rings (SSSR count). The first kappa shape index (κ1) is 12.8. The van der Waals surface area contributed by atoms with Gasteiger partial charge in [0.15, 0.2) is 0 Å². The molecule has 1 amide bonds. The smallest absolute Gasteiger partial charge is 0.252 e. The number of aromatic nitrogens is 1. The van der Waals surface area contributed by atoms with Crippen LogP contribution in [0.2, 0.25) is 0 Å². The van der Waals surface area contributed by atoms with E-state index in [2.05, 4.69) is 9.88 Å². The van der Waals surface area contributed by atoms with Gasteiger partial charge in [-0.25, -0.2) is 0 Å². The van der Waals surface area contributed by atoms with Gasteiger partial charge in [-0.15, -0.1) is 0 Å². The zero-order valence-electron chi connectivity index (χ0n) is 10.9. The van der Waals surface area contributed by atoms with Crippen LogP contribution < -0.4 is 16.4 Å². The van der Waals surface area contributed by atoms with Gasteiger partial charge >= 0.3 is 0 Å². The van der Waals surface area contributed by atoms with Crippen molar-refractivity contribution >= 4 is 11.6 Å². The first-order valence-electron chi connectivity index (χ1n) is 6.27. The lowest BCUT2D eigenvalue weighted by Gasteiger charge is -2.34. The molecule has 18 heavy (non-hydrogen) atoms. The molecule has 98 valence electrons. The Labute approximate surface area is 107 Å². The Morgan fingerprint density at radius 3 is 2.83 bits per heavy atom. The number of piperidine rings is 1. The number of pyridine rings is 1. The molecule has 5 nitrogen and oxygen atoms in total. The summed E-state index contributed by atoms with van der Waals surface area (Å²) in [7, 11) is 0. The van der Waals surface area contributed by atoms with E-state index in [1.807, 2.05) is 19.9 Å². The van der Waals surface area contributed by atoms with E-state index in [1.54, 1.807) is 0 Å². The average molecular weight is 248 g/mol. The molecule has 0 aliphatic carbocycles. The largest absolute Gasteiger partial charge is 0.369 e. The lowest BCUT2D eigenvalue weighted by molar-refractivity contribution is 0.0999. The number of rotatable bonds is 2. The van der Waals surface area contributed by atoms with Crippen molar-refractivity contribution in [2.45, 2.75) is 32.7 Å². The normalized spacial score (nSPS) is 19.9. The summed E-state index contributed by atoms with van der Waals surface area (Å²) in [6.45, 7) is 5.42. The Morgan fingerprint density at radius 2 is 2.22 bits per heavy atom. The Kier molecular flexibility index (Phi) is 3.52. The summed E-state index contributed by atoms with van der Waals surface area (Å²) < 4.78 is 0. The van der Waals surface area contributed by atoms with Crippen molar-refractivity contribution in [1.82, 2.24) is 4.98 Å². The first-order chi connectivity index (χ1) is 8.49. The number of hydrogen-bond donors (Lipinski definition) is 2. The van der Waals surface area contributed by atoms with Crippen LogP contribution in [0.1, 0.15) is 34.6 Å². The molecule has 1 aliphatic heterocycles. The third-order valence-corrected chi connectivity index (χ3v) is 3.35. The van der Waals surface area contributed by atoms with E-state index in [0.717, 1.165) is 37.3 Å². The highest BCUT2D eigenvalue weighted by atomic mass is 16.1. The van der Waals surface area contributed by atoms with Crippen LogP contribution in [0.5, 0.6) is 0 Å². The molecule has 5 heteroatoms. The summed E-state index contributed by atoms with van der Waals surface area (Å²) >= 11 is 0. The molecular formula is C13H20N4O. The maximum absolute atomic E-state index is 11.6. The number of nitrogens with zero attached hydrogens (tertiary/aromatic N) is 2. The second-order valence-corrected chi connectivity index (χ2v) is 4.96. The second-order valence-electron chi connectivity index (χ2n) is 4.96. The number of carbonyl (C=O) groups excluding carboxylic acids is 1. The summed E-state index contributed by atoms with van der Waals surface area (Å²) in [6.07, 6.45) is 2.07. The Morgan fingerprint density at radius 1 is 1.50 bits per heavy atom. The van der Waals surface area contributed by atoms with Gasteiger partial charge in [-0.1, -0.05) is 0 Å². The van der Waals surface area contributed by atoms with Crippen LogP contribution in [-0.2, 0) is 0 Å². The summed E-state index contributed by atoms with van der Waals surface area (Å²) in [5, 5.41) is 0. The third kappa shape index (κ3) is 2.46. The first-order valence-corrected chi connectivity index (χ1v) is 6.27. The monoisotopic (exact) mass is 248 g/mol. The van der Waals surface area contributed by atoms with Crippen LogP contribution in [-0.4, -0.2) is 30.0 Å². The van der Waals surface area contributed by atoms with E-state index in [4.69, 9.17) is 11.5 Å². The van der Waals surface area contributed by atoms with E-state index in [0.29, 0.717) is 11.3 Å². The van der Waals surface area contributed by atoms with Crippen molar-refractivity contribution in [3.8, 4) is 0 Å². The van der Waals surface area contributed by atoms with Gasteiger partial charge in [0.25, 0.3) is 5.91 Å². The topological polar surface area (TPSA) is 85.2 Å². The molecule has 1 saturated heterocycles. The zero-order chi connectivity index (χ0) is 13.3. The van der Waals surface area contributed by atoms with Crippen molar-refractivity contribution in [2.24, 2.45) is 11.5 Å². The highest BCUT2D eigenvalue weighted by Gasteiger charge is 2.23. The van der Waals surface area contributed by atoms with Crippen molar-refractivity contribution in [2.75, 3.05) is 18.0 Å². The van der Waals surface area contributed by atoms with Gasteiger partial charge in [0.1, 0.15) is 0 Å². The third-order valence-electron chi connectivity index (χ3n) is 3.35. The number of amides is 1. The average Bonchev–Trinajstić information content (AvgIpc) is 2.27. The molecule has 2 heterocycles. The fraction of sp³-hybridized carbons (Fsp3) is 0.538. The van der Waals surface area contributed by atoms with E-state index < -0.39 is 5.91 Å². The molecule has 1 atom stereocenters. The molecule has 1 aromatic heterocycles. The molecular weight excluding hydrogens is 228 g/mol. The Bertz CT molecular complexity index is 472. The van der Waals surface area contributed by atoms with Gasteiger partial charge in [-0.05, 0) is 32.8 Å². The summed E-state index contributed by atoms with van der Waals surface area (Å²) in [4.78, 5) is 18.1. The van der Waals surface area contributed by atoms with Crippen molar-refractivity contribution in [3.05, 3.63) is 23.0 Å². The summed E-state index contributed by atoms with van der Waals surface area (Å²) in [5.41, 5.74) is 14.4. The van der Waals surface area contributed by atoms with E-state index in [9.17, 15) is 4.79 Å². The van der Waals surface area contributed by atoms with Gasteiger partial charge in [0.2, 0.25) is 0 Å². The molecule has 0 radical (unpaired) electrons. The molecule has 0 spiro atoms. The molecule has 0 bridgehead atoms. The minimum Gasteiger partial charge on any atom is -0.369 e. The maximum Gasteiger partial charge on any atom is 0.252 e. The van der Waals surface area contributed by atoms with Gasteiger partial charge in [-0.2, -0.15) is 0 Å². The lowest BCUT2D eigenvalue weighted by Crippen LogP contribution is -2.43. The van der Waals surface area contributed by atoms with Gasteiger partial charge in [0.05, 0.1) is 16.9 Å². The van der Waals surface area contributed by atoms with Gasteiger partial charge in [-0.3, -0.25) is 9.78 Å². The predicted octanol–water partition coefficient (Wildman–Crippen LogP) is 0.725. The van der Waals surface area contributed by atoms with E-state index >= 15 is 0 Å². The quantitative estimate of drug-likeness (QED) is 0.807. The van der Waals surface area contributed by atoms with E-state index in [1.165, 1.54) is 0 Å². The van der Waals surface area contributed by atoms with Crippen molar-refractivity contribution in [1.29, 1.82) is 0 Å². The highest BCUT2D eigenvalue weighted by Crippen LogP contribution is 2.26. The molecule has 1 fully saturated rings. The van der Waals surface area contributed by atoms with Crippen LogP contribution >= 0.6 is 0 Å². The van der Waals surface area contributed by atoms with Crippen LogP contribution in [0.3, 0.4) is 0 Å². The Hall–Kier alpha value is -1.62. The predicted molar refractivity (Wildman–Crippen MR) is 71.7 cm³/mol. The Balaban J connectivity index is 2.44. The number of anilines is 1. The lowest BCUT2D eigenvalue weighted by atomic mass is 10.0. The fourth-order valence-corrected chi connectivity index (χ4v) is 2.59. The minimum absolute atomic E-state index is 0.160. The van der Waals surface area contributed by atoms with Crippen LogP contribution in [0, 0.1) is 13.8 Å². The van der Waals surface area contributed by atoms with Crippen LogP contribution in [0.4, 0.5) is 5.69 Å². The highest BCUT2D eigenvalue weighted by molar-refractivity contribution is 5.99. The summed E-state index contributed by atoms with van der Waals surface area (Å²) in [5.74, 6) is -0.422. The van der Waals surface area contributed by atoms with Gasteiger partial charge in [0, 0.05) is 24.8 Å². The molecule has 0 saturated carbocycles. The number of aryl methyl sites for hydroxylation is 2. The number of nitrogens with two attached hydrogens (primary N) is 2. The molecule has 4 N–H and O–H groups in total. The fourth-order valence-electron chi connectivity index (χ4n) is 2.59. The SMILES string of the molecule is Cc1cc(N2CCCC(N)C2)c(C(N)=O)c(C)n1. The van der Waals surface area contributed by atoms with E-state index in [-0.39, 0.29) is 6.04 Å². The zero-order valence-corrected chi connectivity index (χ0v) is 10.9. The number of hydrogen-bond acceptors (Lipinski definition) is 4. The van der Waals surface area contributed by atoms with Crippen molar-refractivity contribution in [3.63, 3.8) is 0 Å². The molecule has 1 aromatic rings. The molecule has 1 unspecified atom stereocenters. The maximum atomic E-state index is 11.6. The summed E-state index contributed by atoms with van der Waals surface area (Å²) in [6, 6.07) is 2.08. The molecule has 0 aromatic carbocycles. The second kappa shape index (κ2) is 4.94. The molecule has 1 aliphatic rings. The van der Waals surface area contributed by atoms with Crippen LogP contribution in [0.25, 0.3) is 0 Å². The van der Waals surface area contributed by atoms with Crippen molar-refractivity contribution < 1.29 is 4.79 Å². The minimum atomic E-state index is -0.422. The van der Waals surface area contributed by atoms with Gasteiger partial charge < -0.3 is 16.4 Å². The standard InChI is InChI=1S/C13H20N4O/c1-8-6-11(12(13(15)18)9(2)16-8)17-5-3-4-10(14)7-17/h6,10H,3-5,7,14H2,1-2H3,(H2,15,18). The van der Waals surface area contributed by atoms with Crippen LogP contribution in [0.15, 0.2) is 6.07 Å².